The Morgan fingerprint density at radius 3 is 2.73 bits per heavy atom. The van der Waals surface area contributed by atoms with Gasteiger partial charge in [0.15, 0.2) is 0 Å². The van der Waals surface area contributed by atoms with Crippen LogP contribution in [-0.2, 0) is 6.54 Å². The first-order valence-corrected chi connectivity index (χ1v) is 8.80. The second-order valence-electron chi connectivity index (χ2n) is 6.56. The number of methoxy groups -OCH3 is 1. The van der Waals surface area contributed by atoms with E-state index in [0.717, 1.165) is 54.8 Å². The molecule has 0 atom stereocenters. The molecule has 0 unspecified atom stereocenters. The third-order valence-corrected chi connectivity index (χ3v) is 4.87. The number of amides is 1. The van der Waals surface area contributed by atoms with Crippen molar-refractivity contribution >= 4 is 16.8 Å². The van der Waals surface area contributed by atoms with Gasteiger partial charge in [-0.2, -0.15) is 0 Å². The molecule has 1 aromatic carbocycles. The minimum atomic E-state index is 0.104. The van der Waals surface area contributed by atoms with Crippen LogP contribution in [0.3, 0.4) is 0 Å². The van der Waals surface area contributed by atoms with Crippen molar-refractivity contribution < 1.29 is 9.53 Å². The molecule has 1 N–H and O–H groups in total. The maximum absolute atomic E-state index is 12.8. The van der Waals surface area contributed by atoms with Gasteiger partial charge >= 0.3 is 0 Å². The summed E-state index contributed by atoms with van der Waals surface area (Å²) in [4.78, 5) is 24.5. The second kappa shape index (κ2) is 7.17. The number of hydrogen-bond acceptors (Lipinski definition) is 4. The molecule has 0 radical (unpaired) electrons. The van der Waals surface area contributed by atoms with Gasteiger partial charge in [0.05, 0.1) is 7.11 Å². The van der Waals surface area contributed by atoms with Gasteiger partial charge in [0, 0.05) is 62.3 Å². The summed E-state index contributed by atoms with van der Waals surface area (Å²) < 4.78 is 5.09. The summed E-state index contributed by atoms with van der Waals surface area (Å²) in [6.07, 6.45) is 3.74. The highest BCUT2D eigenvalue weighted by Gasteiger charge is 2.22. The lowest BCUT2D eigenvalue weighted by Gasteiger charge is -2.34. The number of nitrogens with zero attached hydrogens (tertiary/aromatic N) is 3. The first-order valence-electron chi connectivity index (χ1n) is 8.80. The van der Waals surface area contributed by atoms with E-state index in [9.17, 15) is 4.79 Å². The van der Waals surface area contributed by atoms with Crippen molar-refractivity contribution in [3.63, 3.8) is 0 Å². The van der Waals surface area contributed by atoms with Crippen LogP contribution in [0.5, 0.6) is 5.88 Å². The van der Waals surface area contributed by atoms with Crippen LogP contribution in [0, 0.1) is 0 Å². The highest BCUT2D eigenvalue weighted by atomic mass is 16.5. The summed E-state index contributed by atoms with van der Waals surface area (Å²) in [5.74, 6) is 0.732. The lowest BCUT2D eigenvalue weighted by atomic mass is 10.1. The predicted molar refractivity (Wildman–Crippen MR) is 100 cm³/mol. The fourth-order valence-corrected chi connectivity index (χ4v) is 3.36. The molecular weight excluding hydrogens is 328 g/mol. The number of piperazine rings is 1. The van der Waals surface area contributed by atoms with Crippen molar-refractivity contribution in [2.75, 3.05) is 33.3 Å². The van der Waals surface area contributed by atoms with Gasteiger partial charge in [0.2, 0.25) is 5.88 Å². The molecule has 1 saturated heterocycles. The number of nitrogens with one attached hydrogen (secondary N) is 1. The molecule has 0 aliphatic carbocycles. The second-order valence-corrected chi connectivity index (χ2v) is 6.56. The SMILES string of the molecule is COc1ccc(CN2CCN(C(=O)c3ccc4cc[nH]c4c3)CC2)cn1. The summed E-state index contributed by atoms with van der Waals surface area (Å²) in [6, 6.07) is 11.8. The van der Waals surface area contributed by atoms with E-state index in [0.29, 0.717) is 5.88 Å². The molecule has 2 aromatic heterocycles. The summed E-state index contributed by atoms with van der Waals surface area (Å²) in [6.45, 7) is 4.05. The maximum Gasteiger partial charge on any atom is 0.254 e. The van der Waals surface area contributed by atoms with Gasteiger partial charge in [-0.25, -0.2) is 4.98 Å². The monoisotopic (exact) mass is 350 g/mol. The molecule has 4 rings (SSSR count). The number of pyridine rings is 1. The van der Waals surface area contributed by atoms with Crippen LogP contribution >= 0.6 is 0 Å². The number of ether oxygens (including phenoxy) is 1. The molecule has 1 amide bonds. The van der Waals surface area contributed by atoms with Gasteiger partial charge in [0.25, 0.3) is 5.91 Å². The van der Waals surface area contributed by atoms with Crippen molar-refractivity contribution in [1.82, 2.24) is 19.8 Å². The first-order chi connectivity index (χ1) is 12.7. The largest absolute Gasteiger partial charge is 0.481 e. The van der Waals surface area contributed by atoms with Gasteiger partial charge in [-0.3, -0.25) is 9.69 Å². The highest BCUT2D eigenvalue weighted by Crippen LogP contribution is 2.17. The van der Waals surface area contributed by atoms with E-state index in [1.807, 2.05) is 53.7 Å². The summed E-state index contributed by atoms with van der Waals surface area (Å²) in [5, 5.41) is 1.12. The molecular formula is C20H22N4O2. The number of hydrogen-bond donors (Lipinski definition) is 1. The van der Waals surface area contributed by atoms with Crippen LogP contribution in [0.2, 0.25) is 0 Å². The van der Waals surface area contributed by atoms with Crippen molar-refractivity contribution in [2.24, 2.45) is 0 Å². The molecule has 0 saturated carbocycles. The Kier molecular flexibility index (Phi) is 4.58. The van der Waals surface area contributed by atoms with E-state index in [-0.39, 0.29) is 5.91 Å². The molecule has 3 aromatic rings. The maximum atomic E-state index is 12.8. The highest BCUT2D eigenvalue weighted by molar-refractivity contribution is 5.98. The van der Waals surface area contributed by atoms with Gasteiger partial charge in [-0.05, 0) is 29.1 Å². The van der Waals surface area contributed by atoms with Gasteiger partial charge < -0.3 is 14.6 Å². The smallest absolute Gasteiger partial charge is 0.254 e. The van der Waals surface area contributed by atoms with Gasteiger partial charge in [-0.1, -0.05) is 12.1 Å². The number of fused-ring (bicyclic) bond motifs is 1. The van der Waals surface area contributed by atoms with E-state index in [4.69, 9.17) is 4.74 Å². The quantitative estimate of drug-likeness (QED) is 0.785. The van der Waals surface area contributed by atoms with Crippen LogP contribution in [-0.4, -0.2) is 59.0 Å². The summed E-state index contributed by atoms with van der Waals surface area (Å²) in [7, 11) is 1.62. The van der Waals surface area contributed by atoms with Crippen molar-refractivity contribution in [3.05, 3.63) is 59.9 Å². The van der Waals surface area contributed by atoms with Crippen molar-refractivity contribution in [2.45, 2.75) is 6.54 Å². The average molecular weight is 350 g/mol. The molecule has 1 aliphatic rings. The van der Waals surface area contributed by atoms with Gasteiger partial charge in [-0.15, -0.1) is 0 Å². The molecule has 0 spiro atoms. The molecule has 3 heterocycles. The Bertz CT molecular complexity index is 896. The number of aromatic amines is 1. The van der Waals surface area contributed by atoms with E-state index < -0.39 is 0 Å². The van der Waals surface area contributed by atoms with Crippen LogP contribution in [0.1, 0.15) is 15.9 Å². The summed E-state index contributed by atoms with van der Waals surface area (Å²) in [5.41, 5.74) is 2.90. The Morgan fingerprint density at radius 1 is 1.15 bits per heavy atom. The topological polar surface area (TPSA) is 61.5 Å². The normalized spacial score (nSPS) is 15.3. The predicted octanol–water partition coefficient (Wildman–Crippen LogP) is 2.53. The van der Waals surface area contributed by atoms with E-state index in [2.05, 4.69) is 14.9 Å². The Balaban J connectivity index is 1.35. The Hall–Kier alpha value is -2.86. The van der Waals surface area contributed by atoms with Gasteiger partial charge in [0.1, 0.15) is 0 Å². The molecule has 1 aliphatic heterocycles. The zero-order valence-electron chi connectivity index (χ0n) is 14.8. The van der Waals surface area contributed by atoms with Crippen LogP contribution in [0.15, 0.2) is 48.8 Å². The molecule has 26 heavy (non-hydrogen) atoms. The zero-order chi connectivity index (χ0) is 17.9. The fraction of sp³-hybridized carbons (Fsp3) is 0.300. The fourth-order valence-electron chi connectivity index (χ4n) is 3.36. The molecule has 1 fully saturated rings. The first kappa shape index (κ1) is 16.6. The van der Waals surface area contributed by atoms with E-state index in [1.54, 1.807) is 7.11 Å². The van der Waals surface area contributed by atoms with E-state index in [1.165, 1.54) is 0 Å². The average Bonchev–Trinajstić information content (AvgIpc) is 3.16. The van der Waals surface area contributed by atoms with Crippen LogP contribution < -0.4 is 4.74 Å². The Labute approximate surface area is 152 Å². The lowest BCUT2D eigenvalue weighted by Crippen LogP contribution is -2.48. The molecule has 134 valence electrons. The minimum absolute atomic E-state index is 0.104. The number of aromatic nitrogens is 2. The minimum Gasteiger partial charge on any atom is -0.481 e. The lowest BCUT2D eigenvalue weighted by molar-refractivity contribution is 0.0628. The standard InChI is InChI=1S/C20H22N4O2/c1-26-19-5-2-15(13-22-19)14-23-8-10-24(11-9-23)20(25)17-4-3-16-6-7-21-18(16)12-17/h2-7,12-13,21H,8-11,14H2,1H3. The number of carbonyl (C=O) groups is 1. The van der Waals surface area contributed by atoms with E-state index >= 15 is 0 Å². The van der Waals surface area contributed by atoms with Crippen LogP contribution in [0.25, 0.3) is 10.9 Å². The number of H-pyrrole nitrogens is 1. The summed E-state index contributed by atoms with van der Waals surface area (Å²) >= 11 is 0. The molecule has 6 heteroatoms. The molecule has 0 bridgehead atoms. The van der Waals surface area contributed by atoms with Crippen LogP contribution in [0.4, 0.5) is 0 Å². The third-order valence-electron chi connectivity index (χ3n) is 4.87. The third kappa shape index (κ3) is 3.41. The number of rotatable bonds is 4. The Morgan fingerprint density at radius 2 is 2.00 bits per heavy atom. The van der Waals surface area contributed by atoms with Crippen molar-refractivity contribution in [3.8, 4) is 5.88 Å². The number of carbonyl (C=O) groups excluding carboxylic acids is 1. The number of benzene rings is 1. The van der Waals surface area contributed by atoms with Crippen molar-refractivity contribution in [1.29, 1.82) is 0 Å². The zero-order valence-corrected chi connectivity index (χ0v) is 14.8. The molecule has 6 nitrogen and oxygen atoms in total.